The number of rotatable bonds is 5. The summed E-state index contributed by atoms with van der Waals surface area (Å²) in [6.45, 7) is 5.51. The Bertz CT molecular complexity index is 594. The Morgan fingerprint density at radius 3 is 2.55 bits per heavy atom. The highest BCUT2D eigenvalue weighted by Crippen LogP contribution is 2.15. The summed E-state index contributed by atoms with van der Waals surface area (Å²) in [5.74, 6) is 0. The van der Waals surface area contributed by atoms with Crippen molar-refractivity contribution in [3.05, 3.63) is 64.7 Å². The lowest BCUT2D eigenvalue weighted by molar-refractivity contribution is 0.0342. The maximum absolute atomic E-state index is 5.91. The van der Waals surface area contributed by atoms with Crippen LogP contribution in [-0.2, 0) is 17.8 Å². The quantitative estimate of drug-likeness (QED) is 0.908. The van der Waals surface area contributed by atoms with Gasteiger partial charge in [-0.3, -0.25) is 4.90 Å². The summed E-state index contributed by atoms with van der Waals surface area (Å²) in [5.41, 5.74) is 3.71. The number of nitrogens with zero attached hydrogens (tertiary/aromatic N) is 1. The van der Waals surface area contributed by atoms with Crippen molar-refractivity contribution in [2.45, 2.75) is 13.1 Å². The maximum atomic E-state index is 5.91. The number of morpholine rings is 1. The van der Waals surface area contributed by atoms with E-state index in [0.29, 0.717) is 0 Å². The third kappa shape index (κ3) is 4.47. The van der Waals surface area contributed by atoms with Crippen LogP contribution in [0.5, 0.6) is 0 Å². The number of halogens is 1. The molecule has 4 heteroatoms. The van der Waals surface area contributed by atoms with Crippen LogP contribution in [0.2, 0.25) is 5.02 Å². The van der Waals surface area contributed by atoms with Crippen molar-refractivity contribution in [2.24, 2.45) is 0 Å². The van der Waals surface area contributed by atoms with Crippen LogP contribution < -0.4 is 5.32 Å². The van der Waals surface area contributed by atoms with E-state index in [0.717, 1.165) is 50.1 Å². The summed E-state index contributed by atoms with van der Waals surface area (Å²) >= 11 is 5.91. The van der Waals surface area contributed by atoms with Gasteiger partial charge in [0.25, 0.3) is 0 Å². The fourth-order valence-corrected chi connectivity index (χ4v) is 2.73. The first-order valence-corrected chi connectivity index (χ1v) is 8.05. The minimum Gasteiger partial charge on any atom is -0.381 e. The molecule has 1 saturated heterocycles. The number of nitrogens with one attached hydrogen (secondary N) is 1. The van der Waals surface area contributed by atoms with E-state index in [-0.39, 0.29) is 0 Å². The van der Waals surface area contributed by atoms with Crippen molar-refractivity contribution in [2.75, 3.05) is 31.6 Å². The number of anilines is 1. The van der Waals surface area contributed by atoms with E-state index in [1.807, 2.05) is 24.3 Å². The fraction of sp³-hybridized carbons (Fsp3) is 0.333. The molecule has 2 aromatic rings. The van der Waals surface area contributed by atoms with Crippen LogP contribution in [-0.4, -0.2) is 31.2 Å². The molecule has 3 nitrogen and oxygen atoms in total. The molecule has 3 rings (SSSR count). The van der Waals surface area contributed by atoms with Crippen molar-refractivity contribution < 1.29 is 4.74 Å². The molecule has 1 aliphatic heterocycles. The first kappa shape index (κ1) is 15.3. The minimum absolute atomic E-state index is 0.774. The van der Waals surface area contributed by atoms with Crippen molar-refractivity contribution in [1.29, 1.82) is 0 Å². The zero-order chi connectivity index (χ0) is 15.2. The molecule has 1 heterocycles. The number of hydrogen-bond acceptors (Lipinski definition) is 3. The minimum atomic E-state index is 0.774. The molecule has 1 N–H and O–H groups in total. The van der Waals surface area contributed by atoms with E-state index >= 15 is 0 Å². The average Bonchev–Trinajstić information content (AvgIpc) is 2.56. The molecule has 1 aliphatic rings. The highest BCUT2D eigenvalue weighted by Gasteiger charge is 2.10. The van der Waals surface area contributed by atoms with Gasteiger partial charge >= 0.3 is 0 Å². The Morgan fingerprint density at radius 1 is 1.00 bits per heavy atom. The monoisotopic (exact) mass is 316 g/mol. The predicted octanol–water partition coefficient (Wildman–Crippen LogP) is 3.78. The molecule has 2 aromatic carbocycles. The van der Waals surface area contributed by atoms with Crippen LogP contribution in [0.3, 0.4) is 0 Å². The maximum Gasteiger partial charge on any atom is 0.0594 e. The highest BCUT2D eigenvalue weighted by molar-refractivity contribution is 6.30. The van der Waals surface area contributed by atoms with Gasteiger partial charge in [-0.2, -0.15) is 0 Å². The standard InChI is InChI=1S/C18H21ClN2O/c19-17-6-4-15(5-7-17)13-20-18-3-1-2-16(12-18)14-21-8-10-22-11-9-21/h1-7,12,20H,8-11,13-14H2. The van der Waals surface area contributed by atoms with Gasteiger partial charge in [-0.15, -0.1) is 0 Å². The molecule has 0 bridgehead atoms. The summed E-state index contributed by atoms with van der Waals surface area (Å²) in [6.07, 6.45) is 0. The van der Waals surface area contributed by atoms with Gasteiger partial charge in [0, 0.05) is 36.9 Å². The lowest BCUT2D eigenvalue weighted by Gasteiger charge is -2.26. The normalized spacial score (nSPS) is 15.7. The fourth-order valence-electron chi connectivity index (χ4n) is 2.60. The molecule has 0 amide bonds. The third-order valence-corrected chi connectivity index (χ3v) is 4.10. The van der Waals surface area contributed by atoms with Gasteiger partial charge in [-0.05, 0) is 35.4 Å². The summed E-state index contributed by atoms with van der Waals surface area (Å²) in [7, 11) is 0. The molecule has 0 unspecified atom stereocenters. The molecule has 0 aromatic heterocycles. The summed E-state index contributed by atoms with van der Waals surface area (Å²) in [5, 5.41) is 4.25. The number of ether oxygens (including phenoxy) is 1. The molecule has 1 fully saturated rings. The van der Waals surface area contributed by atoms with Gasteiger partial charge in [-0.1, -0.05) is 35.9 Å². The topological polar surface area (TPSA) is 24.5 Å². The van der Waals surface area contributed by atoms with E-state index in [4.69, 9.17) is 16.3 Å². The first-order valence-electron chi connectivity index (χ1n) is 7.67. The van der Waals surface area contributed by atoms with E-state index in [1.165, 1.54) is 11.1 Å². The summed E-state index contributed by atoms with van der Waals surface area (Å²) < 4.78 is 5.39. The molecule has 0 radical (unpaired) electrons. The summed E-state index contributed by atoms with van der Waals surface area (Å²) in [4.78, 5) is 2.43. The van der Waals surface area contributed by atoms with E-state index < -0.39 is 0 Å². The first-order chi connectivity index (χ1) is 10.8. The van der Waals surface area contributed by atoms with Crippen LogP contribution in [0.25, 0.3) is 0 Å². The second-order valence-electron chi connectivity index (χ2n) is 5.57. The van der Waals surface area contributed by atoms with Crippen LogP contribution in [0.4, 0.5) is 5.69 Å². The average molecular weight is 317 g/mol. The Morgan fingerprint density at radius 2 is 1.77 bits per heavy atom. The Labute approximate surface area is 136 Å². The van der Waals surface area contributed by atoms with Crippen molar-refractivity contribution in [1.82, 2.24) is 4.90 Å². The zero-order valence-corrected chi connectivity index (χ0v) is 13.4. The predicted molar refractivity (Wildman–Crippen MR) is 91.3 cm³/mol. The molecule has 22 heavy (non-hydrogen) atoms. The Hall–Kier alpha value is -1.55. The van der Waals surface area contributed by atoms with Crippen LogP contribution >= 0.6 is 11.6 Å². The van der Waals surface area contributed by atoms with E-state index in [1.54, 1.807) is 0 Å². The van der Waals surface area contributed by atoms with Crippen molar-refractivity contribution in [3.8, 4) is 0 Å². The molecular formula is C18H21ClN2O. The van der Waals surface area contributed by atoms with E-state index in [9.17, 15) is 0 Å². The SMILES string of the molecule is Clc1ccc(CNc2cccc(CN3CCOCC3)c2)cc1. The van der Waals surface area contributed by atoms with E-state index in [2.05, 4.69) is 34.5 Å². The van der Waals surface area contributed by atoms with Gasteiger partial charge in [0.1, 0.15) is 0 Å². The van der Waals surface area contributed by atoms with Gasteiger partial charge in [0.05, 0.1) is 13.2 Å². The number of hydrogen-bond donors (Lipinski definition) is 1. The molecule has 0 saturated carbocycles. The molecule has 0 aliphatic carbocycles. The largest absolute Gasteiger partial charge is 0.381 e. The second-order valence-corrected chi connectivity index (χ2v) is 6.01. The van der Waals surface area contributed by atoms with Gasteiger partial charge in [0.15, 0.2) is 0 Å². The van der Waals surface area contributed by atoms with Crippen LogP contribution in [0.1, 0.15) is 11.1 Å². The van der Waals surface area contributed by atoms with Crippen molar-refractivity contribution >= 4 is 17.3 Å². The molecule has 0 spiro atoms. The Kier molecular flexibility index (Phi) is 5.33. The molecule has 0 atom stereocenters. The highest BCUT2D eigenvalue weighted by atomic mass is 35.5. The number of benzene rings is 2. The van der Waals surface area contributed by atoms with Crippen molar-refractivity contribution in [3.63, 3.8) is 0 Å². The summed E-state index contributed by atoms with van der Waals surface area (Å²) in [6, 6.07) is 16.6. The second kappa shape index (κ2) is 7.63. The lowest BCUT2D eigenvalue weighted by atomic mass is 10.1. The van der Waals surface area contributed by atoms with Gasteiger partial charge < -0.3 is 10.1 Å². The lowest BCUT2D eigenvalue weighted by Crippen LogP contribution is -2.35. The Balaban J connectivity index is 1.57. The smallest absolute Gasteiger partial charge is 0.0594 e. The zero-order valence-electron chi connectivity index (χ0n) is 12.6. The van der Waals surface area contributed by atoms with Crippen LogP contribution in [0.15, 0.2) is 48.5 Å². The van der Waals surface area contributed by atoms with Gasteiger partial charge in [0.2, 0.25) is 0 Å². The van der Waals surface area contributed by atoms with Gasteiger partial charge in [-0.25, -0.2) is 0 Å². The molecular weight excluding hydrogens is 296 g/mol. The third-order valence-electron chi connectivity index (χ3n) is 3.85. The molecule has 116 valence electrons. The van der Waals surface area contributed by atoms with Crippen LogP contribution in [0, 0.1) is 0 Å².